The second-order valence-corrected chi connectivity index (χ2v) is 11.2. The van der Waals surface area contributed by atoms with Gasteiger partial charge in [-0.05, 0) is 35.9 Å². The molecule has 1 aliphatic carbocycles. The second-order valence-electron chi connectivity index (χ2n) is 11.2. The van der Waals surface area contributed by atoms with E-state index in [9.17, 15) is 0 Å². The van der Waals surface area contributed by atoms with Crippen LogP contribution in [-0.4, -0.2) is 47.1 Å². The Morgan fingerprint density at radius 1 is 0.500 bits per heavy atom. The highest BCUT2D eigenvalue weighted by molar-refractivity contribution is 6.63. The topological polar surface area (TPSA) is 3.24 Å². The van der Waals surface area contributed by atoms with E-state index >= 15 is 0 Å². The van der Waals surface area contributed by atoms with Crippen molar-refractivity contribution >= 4 is 64.1 Å². The molecule has 160 valence electrons. The van der Waals surface area contributed by atoms with Crippen LogP contribution < -0.4 is 4.90 Å². The summed E-state index contributed by atoms with van der Waals surface area (Å²) >= 11 is 0. The summed E-state index contributed by atoms with van der Waals surface area (Å²) in [6, 6.07) is 37.3. The number of benzene rings is 4. The highest BCUT2D eigenvalue weighted by atomic mass is 15.1. The molecule has 4 aromatic carbocycles. The molecule has 0 aliphatic heterocycles. The van der Waals surface area contributed by atoms with Gasteiger partial charge in [-0.15, -0.1) is 0 Å². The van der Waals surface area contributed by atoms with E-state index in [2.05, 4.69) is 155 Å². The third-order valence-electron chi connectivity index (χ3n) is 8.98. The summed E-state index contributed by atoms with van der Waals surface area (Å²) in [6.07, 6.45) is 0. The molecule has 0 saturated carbocycles. The summed E-state index contributed by atoms with van der Waals surface area (Å²) in [5, 5.41) is 0.347. The molecule has 7 heteroatoms. The van der Waals surface area contributed by atoms with Crippen molar-refractivity contribution in [3.63, 3.8) is 0 Å². The van der Waals surface area contributed by atoms with E-state index < -0.39 is 0 Å². The van der Waals surface area contributed by atoms with Gasteiger partial charge in [-0.2, -0.15) is 0 Å². The molecule has 0 saturated heterocycles. The molecule has 0 bridgehead atoms. The van der Waals surface area contributed by atoms with Crippen molar-refractivity contribution in [1.29, 1.82) is 0 Å². The zero-order valence-electron chi connectivity index (χ0n) is 21.3. The fraction of sp³-hybridized carbons (Fsp3) is 0.111. The monoisotopic (exact) mass is 433 g/mol. The minimum atomic E-state index is 0.0787. The lowest BCUT2D eigenvalue weighted by Gasteiger charge is -2.46. The zero-order valence-corrected chi connectivity index (χ0v) is 21.3. The molecule has 34 heavy (non-hydrogen) atoms. The number of hydrogen-bond donors (Lipinski definition) is 0. The van der Waals surface area contributed by atoms with Crippen LogP contribution in [0.2, 0.25) is 5.21 Å². The largest absolute Gasteiger partial charge is 0.310 e. The van der Waals surface area contributed by atoms with Crippen molar-refractivity contribution in [2.24, 2.45) is 0 Å². The van der Waals surface area contributed by atoms with Crippen LogP contribution in [0, 0.1) is 0 Å². The van der Waals surface area contributed by atoms with E-state index in [-0.39, 0.29) is 15.6 Å². The van der Waals surface area contributed by atoms with Crippen LogP contribution in [0.5, 0.6) is 0 Å². The molecule has 0 N–H and O–H groups in total. The Balaban J connectivity index is 1.71. The Hall–Kier alpha value is -2.93. The van der Waals surface area contributed by atoms with Crippen LogP contribution in [-0.2, 0) is 10.4 Å². The van der Waals surface area contributed by atoms with Crippen LogP contribution in [0.15, 0.2) is 103 Å². The van der Waals surface area contributed by atoms with E-state index in [1.165, 1.54) is 27.9 Å². The maximum Gasteiger partial charge on any atom is 0.103 e. The number of fused-ring (bicyclic) bond motifs is 1. The summed E-state index contributed by atoms with van der Waals surface area (Å²) in [5.74, 6) is 0. The number of para-hydroxylation sites is 3. The lowest BCUT2D eigenvalue weighted by atomic mass is 9.20. The van der Waals surface area contributed by atoms with Crippen LogP contribution >= 0.6 is 0 Å². The third-order valence-corrected chi connectivity index (χ3v) is 8.98. The highest BCUT2D eigenvalue weighted by Gasteiger charge is 2.55. The van der Waals surface area contributed by atoms with Crippen molar-refractivity contribution in [2.75, 3.05) is 4.90 Å². The molecule has 0 heterocycles. The van der Waals surface area contributed by atoms with Crippen molar-refractivity contribution in [2.45, 2.75) is 15.6 Å². The standard InChI is InChI=1S/C27H29B6N/c28-25(29)22-16-15-18(17-23(22)26(30,31)27(25,32)33)21-13-7-8-14-24(21)34(19-9-3-1-4-10-19)20-11-5-2-6-12-20/h1-17H,28-33H2. The van der Waals surface area contributed by atoms with Crippen LogP contribution in [0.3, 0.4) is 0 Å². The van der Waals surface area contributed by atoms with Gasteiger partial charge in [-0.3, -0.25) is 0 Å². The van der Waals surface area contributed by atoms with Crippen molar-refractivity contribution in [3.8, 4) is 11.1 Å². The first-order valence-corrected chi connectivity index (χ1v) is 12.3. The first-order valence-electron chi connectivity index (χ1n) is 12.3. The van der Waals surface area contributed by atoms with E-state index in [4.69, 9.17) is 0 Å². The molecule has 1 aliphatic rings. The minimum absolute atomic E-state index is 0.0787. The van der Waals surface area contributed by atoms with Crippen LogP contribution in [0.1, 0.15) is 11.1 Å². The van der Waals surface area contributed by atoms with Gasteiger partial charge in [0.05, 0.1) is 21.4 Å². The average Bonchev–Trinajstić information content (AvgIpc) is 2.95. The Labute approximate surface area is 209 Å². The van der Waals surface area contributed by atoms with E-state index in [1.807, 2.05) is 0 Å². The summed E-state index contributed by atoms with van der Waals surface area (Å²) in [4.78, 5) is 2.36. The smallest absolute Gasteiger partial charge is 0.103 e. The molecule has 0 atom stereocenters. The molecule has 1 nitrogen and oxygen atoms in total. The SMILES string of the molecule is BC1(B)c2ccc(-c3ccccc3N(c3ccccc3)c3ccccc3)cc2C(B)(B)C1(B)B. The molecular formula is C27H29B6N. The van der Waals surface area contributed by atoms with Crippen molar-refractivity contribution in [1.82, 2.24) is 0 Å². The van der Waals surface area contributed by atoms with Crippen molar-refractivity contribution in [3.05, 3.63) is 114 Å². The number of hydrogen-bond acceptors (Lipinski definition) is 1. The summed E-state index contributed by atoms with van der Waals surface area (Å²) in [5.41, 5.74) is 8.97. The maximum atomic E-state index is 2.46. The first-order chi connectivity index (χ1) is 16.2. The van der Waals surface area contributed by atoms with E-state index in [0.717, 1.165) is 11.4 Å². The Morgan fingerprint density at radius 2 is 1.00 bits per heavy atom. The number of rotatable bonds is 4. The van der Waals surface area contributed by atoms with Gasteiger partial charge in [0, 0.05) is 16.9 Å². The van der Waals surface area contributed by atoms with E-state index in [1.54, 1.807) is 0 Å². The predicted molar refractivity (Wildman–Crippen MR) is 164 cm³/mol. The van der Waals surface area contributed by atoms with Crippen LogP contribution in [0.25, 0.3) is 11.1 Å². The molecular weight excluding hydrogens is 403 g/mol. The average molecular weight is 432 g/mol. The minimum Gasteiger partial charge on any atom is -0.310 e. The van der Waals surface area contributed by atoms with Gasteiger partial charge in [0.15, 0.2) is 0 Å². The molecule has 0 fully saturated rings. The Morgan fingerprint density at radius 3 is 1.59 bits per heavy atom. The van der Waals surface area contributed by atoms with Gasteiger partial charge < -0.3 is 4.90 Å². The molecule has 5 rings (SSSR count). The third kappa shape index (κ3) is 3.32. The number of anilines is 3. The predicted octanol–water partition coefficient (Wildman–Crippen LogP) is 1.06. The molecule has 0 aromatic heterocycles. The summed E-state index contributed by atoms with van der Waals surface area (Å²) in [7, 11) is 14.5. The fourth-order valence-corrected chi connectivity index (χ4v) is 5.72. The van der Waals surface area contributed by atoms with Gasteiger partial charge in [0.2, 0.25) is 0 Å². The van der Waals surface area contributed by atoms with Gasteiger partial charge in [-0.1, -0.05) is 99.6 Å². The Kier molecular flexibility index (Phi) is 5.43. The fourth-order valence-electron chi connectivity index (χ4n) is 5.72. The molecule has 4 aromatic rings. The van der Waals surface area contributed by atoms with Crippen molar-refractivity contribution < 1.29 is 0 Å². The van der Waals surface area contributed by atoms with Gasteiger partial charge in [0.1, 0.15) is 31.4 Å². The van der Waals surface area contributed by atoms with Gasteiger partial charge in [-0.25, -0.2) is 0 Å². The molecule has 0 spiro atoms. The quantitative estimate of drug-likeness (QED) is 0.436. The molecule has 0 amide bonds. The lowest BCUT2D eigenvalue weighted by Crippen LogP contribution is -2.49. The summed E-state index contributed by atoms with van der Waals surface area (Å²) < 4.78 is 0. The van der Waals surface area contributed by atoms with E-state index in [0.29, 0.717) is 0 Å². The first kappa shape index (κ1) is 22.8. The maximum absolute atomic E-state index is 2.46. The Bertz CT molecular complexity index is 1300. The molecule has 0 unspecified atom stereocenters. The van der Waals surface area contributed by atoms with Gasteiger partial charge in [0.25, 0.3) is 0 Å². The van der Waals surface area contributed by atoms with Gasteiger partial charge >= 0.3 is 0 Å². The zero-order chi connectivity index (χ0) is 24.1. The lowest BCUT2D eigenvalue weighted by molar-refractivity contribution is 0.666. The second kappa shape index (κ2) is 8.08. The van der Waals surface area contributed by atoms with Crippen LogP contribution in [0.4, 0.5) is 17.1 Å². The highest BCUT2D eigenvalue weighted by Crippen LogP contribution is 2.58. The summed E-state index contributed by atoms with van der Waals surface area (Å²) in [6.45, 7) is 0. The normalized spacial score (nSPS) is 17.1. The number of nitrogens with zero attached hydrogens (tertiary/aromatic N) is 1. The molecule has 0 radical (unpaired) electrons.